The Kier molecular flexibility index (Phi) is 7.01. The molecule has 0 unspecified atom stereocenters. The fourth-order valence-corrected chi connectivity index (χ4v) is 3.87. The maximum Gasteiger partial charge on any atom is 0.227 e. The average molecular weight is 352 g/mol. The number of aliphatic hydroxyl groups excluding tert-OH is 1. The summed E-state index contributed by atoms with van der Waals surface area (Å²) in [6, 6.07) is 4.22. The summed E-state index contributed by atoms with van der Waals surface area (Å²) in [6.45, 7) is 10.0. The van der Waals surface area contributed by atoms with Crippen LogP contribution in [0.15, 0.2) is 12.1 Å². The summed E-state index contributed by atoms with van der Waals surface area (Å²) < 4.78 is 6.98. The Morgan fingerprint density at radius 1 is 1.63 bits per heavy atom. The molecule has 1 N–H and O–H groups in total. The molecule has 0 saturated heterocycles. The molecule has 1 radical (unpaired) electrons. The molecular formula is C15H20NOSY-. The third-order valence-electron chi connectivity index (χ3n) is 4.23. The van der Waals surface area contributed by atoms with Gasteiger partial charge in [-0.1, -0.05) is 19.8 Å². The molecule has 1 aromatic rings. The Bertz CT molecular complexity index is 420. The van der Waals surface area contributed by atoms with Crippen molar-refractivity contribution in [2.45, 2.75) is 38.6 Å². The second-order valence-corrected chi connectivity index (χ2v) is 6.28. The van der Waals surface area contributed by atoms with Gasteiger partial charge in [0.25, 0.3) is 0 Å². The minimum absolute atomic E-state index is 0. The molecule has 0 spiro atoms. The zero-order valence-corrected chi connectivity index (χ0v) is 15.0. The summed E-state index contributed by atoms with van der Waals surface area (Å²) in [7, 11) is 0. The van der Waals surface area contributed by atoms with Crippen LogP contribution in [0.25, 0.3) is 4.85 Å². The van der Waals surface area contributed by atoms with Crippen molar-refractivity contribution in [3.05, 3.63) is 33.8 Å². The number of aliphatic hydroxyl groups is 1. The van der Waals surface area contributed by atoms with E-state index in [1.165, 1.54) is 4.88 Å². The molecule has 1 saturated carbocycles. The van der Waals surface area contributed by atoms with Crippen molar-refractivity contribution in [2.24, 2.45) is 17.8 Å². The van der Waals surface area contributed by atoms with E-state index in [0.29, 0.717) is 24.4 Å². The Morgan fingerprint density at radius 2 is 2.47 bits per heavy atom. The van der Waals surface area contributed by atoms with Gasteiger partial charge in [-0.2, -0.15) is 6.07 Å². The number of nitrogens with zero attached hydrogens (tertiary/aromatic N) is 1. The van der Waals surface area contributed by atoms with E-state index >= 15 is 0 Å². The molecule has 19 heavy (non-hydrogen) atoms. The summed E-state index contributed by atoms with van der Waals surface area (Å²) in [5.74, 6) is 1.29. The molecule has 1 aliphatic carbocycles. The molecule has 1 aliphatic rings. The Labute approximate surface area is 146 Å². The van der Waals surface area contributed by atoms with E-state index < -0.39 is 0 Å². The summed E-state index contributed by atoms with van der Waals surface area (Å²) >= 11 is 1.68. The number of aryl methyl sites for hydroxylation is 1. The van der Waals surface area contributed by atoms with Gasteiger partial charge in [-0.25, -0.2) is 12.6 Å². The molecule has 0 aliphatic heterocycles. The zero-order valence-electron chi connectivity index (χ0n) is 12.3. The predicted octanol–water partition coefficient (Wildman–Crippen LogP) is 3.42. The minimum Gasteiger partial charge on any atom is -0.396 e. The zero-order chi connectivity index (χ0) is 13.7. The van der Waals surface area contributed by atoms with E-state index in [9.17, 15) is 0 Å². The second kappa shape index (κ2) is 8.52. The fraction of sp³-hybridized carbons (Fsp3) is 0.667. The largest absolute Gasteiger partial charge is 0.396 e. The van der Waals surface area contributed by atoms with Crippen LogP contribution in [0.3, 0.4) is 0 Å². The summed E-state index contributed by atoms with van der Waals surface area (Å²) in [5, 5.41) is 7.73. The topological polar surface area (TPSA) is 24.6 Å². The SMILES string of the molecule is [2H]OC[C@@H]1[C@@H](CCCc2cc[c-]s2)[C@H]([N+]#[C-])C[C@H]1C.[Y]. The molecule has 1 aromatic heterocycles. The van der Waals surface area contributed by atoms with E-state index in [-0.39, 0.29) is 38.8 Å². The van der Waals surface area contributed by atoms with E-state index in [1.54, 1.807) is 11.3 Å². The molecule has 0 aromatic carbocycles. The molecular weight excluding hydrogens is 331 g/mol. The van der Waals surface area contributed by atoms with Gasteiger partial charge in [0.15, 0.2) is 0 Å². The minimum atomic E-state index is 0. The van der Waals surface area contributed by atoms with Gasteiger partial charge < -0.3 is 21.3 Å². The van der Waals surface area contributed by atoms with Crippen LogP contribution in [0, 0.1) is 29.7 Å². The van der Waals surface area contributed by atoms with E-state index in [1.807, 2.05) is 6.07 Å². The van der Waals surface area contributed by atoms with Crippen LogP contribution in [0.1, 0.15) is 31.1 Å². The van der Waals surface area contributed by atoms with Crippen molar-refractivity contribution >= 4 is 11.3 Å². The fourth-order valence-electron chi connectivity index (χ4n) is 3.20. The Hall–Kier alpha value is 0.254. The van der Waals surface area contributed by atoms with Crippen LogP contribution in [0.5, 0.6) is 0 Å². The maximum atomic E-state index is 7.35. The maximum absolute atomic E-state index is 7.35. The van der Waals surface area contributed by atoms with Crippen molar-refractivity contribution in [1.82, 2.24) is 0 Å². The van der Waals surface area contributed by atoms with Crippen LogP contribution in [0.2, 0.25) is 0 Å². The number of rotatable bonds is 6. The van der Waals surface area contributed by atoms with Crippen molar-refractivity contribution in [3.8, 4) is 0 Å². The van der Waals surface area contributed by atoms with Crippen molar-refractivity contribution in [1.29, 1.82) is 1.43 Å². The van der Waals surface area contributed by atoms with Gasteiger partial charge in [-0.05, 0) is 18.3 Å². The van der Waals surface area contributed by atoms with Crippen LogP contribution in [-0.2, 0) is 39.1 Å². The number of thiophene rings is 1. The number of hydrogen-bond donors (Lipinski definition) is 1. The third kappa shape index (κ3) is 4.36. The monoisotopic (exact) mass is 352 g/mol. The number of hydrogen-bond acceptors (Lipinski definition) is 2. The molecule has 0 bridgehead atoms. The van der Waals surface area contributed by atoms with Gasteiger partial charge in [0.05, 0.1) is 0 Å². The molecule has 2 nitrogen and oxygen atoms in total. The van der Waals surface area contributed by atoms with Crippen molar-refractivity contribution in [3.63, 3.8) is 0 Å². The van der Waals surface area contributed by atoms with Gasteiger partial charge in [0, 0.05) is 51.7 Å². The Morgan fingerprint density at radius 3 is 3.11 bits per heavy atom. The van der Waals surface area contributed by atoms with Crippen LogP contribution < -0.4 is 0 Å². The molecule has 2 rings (SSSR count). The van der Waals surface area contributed by atoms with Gasteiger partial charge in [0.1, 0.15) is 0 Å². The van der Waals surface area contributed by atoms with Crippen LogP contribution in [0.4, 0.5) is 0 Å². The molecule has 101 valence electrons. The van der Waals surface area contributed by atoms with E-state index in [2.05, 4.69) is 28.3 Å². The molecule has 4 heteroatoms. The first-order chi connectivity index (χ1) is 9.26. The van der Waals surface area contributed by atoms with Gasteiger partial charge >= 0.3 is 0 Å². The molecule has 1 fully saturated rings. The van der Waals surface area contributed by atoms with Crippen molar-refractivity contribution < 1.29 is 37.8 Å². The quantitative estimate of drug-likeness (QED) is 0.780. The standard InChI is InChI=1S/C15H20NOS.Y/c1-11-9-15(16-2)13(14(11)10-17)7-3-5-12-6-4-8-18-12;/h4,6,11,13-15,17H,3,5,7,9-10H2,1H3;/q-1;/t11-,13-,14+,15-;/m1./s1/i17D;. The normalized spacial score (nSPS) is 30.4. The first-order valence-corrected chi connectivity index (χ1v) is 7.47. The van der Waals surface area contributed by atoms with Crippen LogP contribution in [-0.4, -0.2) is 19.2 Å². The van der Waals surface area contributed by atoms with Gasteiger partial charge in [0.2, 0.25) is 7.47 Å². The van der Waals surface area contributed by atoms with Gasteiger partial charge in [-0.3, -0.25) is 0 Å². The first-order valence-electron chi connectivity index (χ1n) is 7.06. The summed E-state index contributed by atoms with van der Waals surface area (Å²) in [4.78, 5) is 5.17. The van der Waals surface area contributed by atoms with Crippen molar-refractivity contribution in [2.75, 3.05) is 6.61 Å². The first kappa shape index (κ1) is 15.6. The summed E-state index contributed by atoms with van der Waals surface area (Å²) in [6.07, 6.45) is 4.24. The van der Waals surface area contributed by atoms with E-state index in [0.717, 1.165) is 25.7 Å². The second-order valence-electron chi connectivity index (χ2n) is 5.32. The average Bonchev–Trinajstić information content (AvgIpc) is 3.01. The summed E-state index contributed by atoms with van der Waals surface area (Å²) in [5.41, 5.74) is 0. The molecule has 1 heterocycles. The van der Waals surface area contributed by atoms with E-state index in [4.69, 9.17) is 8.00 Å². The Balaban J connectivity index is 0.00000200. The third-order valence-corrected chi connectivity index (χ3v) is 5.09. The predicted molar refractivity (Wildman–Crippen MR) is 74.3 cm³/mol. The smallest absolute Gasteiger partial charge is 0.227 e. The molecule has 0 amide bonds. The molecule has 4 atom stereocenters. The van der Waals surface area contributed by atoms with Gasteiger partial charge in [-0.15, -0.1) is 10.3 Å². The van der Waals surface area contributed by atoms with Crippen LogP contribution >= 0.6 is 11.3 Å².